The number of carbonyl (C=O) groups excluding carboxylic acids is 1. The number of hydrogen-bond acceptors (Lipinski definition) is 7. The predicted molar refractivity (Wildman–Crippen MR) is 138 cm³/mol. The highest BCUT2D eigenvalue weighted by Gasteiger charge is 2.18. The van der Waals surface area contributed by atoms with Gasteiger partial charge in [0.1, 0.15) is 5.01 Å². The molecule has 180 valence electrons. The monoisotopic (exact) mass is 489 g/mol. The fourth-order valence-corrected chi connectivity index (χ4v) is 4.89. The van der Waals surface area contributed by atoms with Crippen molar-refractivity contribution >= 4 is 33.1 Å². The van der Waals surface area contributed by atoms with Gasteiger partial charge in [0, 0.05) is 30.9 Å². The lowest BCUT2D eigenvalue weighted by atomic mass is 10.1. The highest BCUT2D eigenvalue weighted by Crippen LogP contribution is 2.31. The molecule has 0 spiro atoms. The summed E-state index contributed by atoms with van der Waals surface area (Å²) in [6.45, 7) is 2.96. The van der Waals surface area contributed by atoms with Crippen LogP contribution in [-0.4, -0.2) is 55.8 Å². The molecule has 0 aliphatic carbocycles. The average Bonchev–Trinajstić information content (AvgIpc) is 3.36. The normalized spacial score (nSPS) is 13.6. The first-order valence-corrected chi connectivity index (χ1v) is 12.4. The number of methoxy groups -OCH3 is 1. The molecule has 4 aromatic rings. The van der Waals surface area contributed by atoms with Crippen LogP contribution in [0.25, 0.3) is 20.8 Å². The number of fused-ring (bicyclic) bond motifs is 1. The highest BCUT2D eigenvalue weighted by molar-refractivity contribution is 7.21. The van der Waals surface area contributed by atoms with Gasteiger partial charge in [-0.1, -0.05) is 18.2 Å². The van der Waals surface area contributed by atoms with Gasteiger partial charge in [0.15, 0.2) is 18.1 Å². The molecule has 35 heavy (non-hydrogen) atoms. The standard InChI is InChI=1S/C27H27N3O4S/c1-32-24-16-19(6-11-23(24)34-18-26(31)30-12-14-33-15-13-30)17-28-21-9-7-20(8-10-21)27-29-22-4-2-3-5-25(22)35-27/h2-11,16,28H,12-15,17-18H2,1H3. The zero-order chi connectivity index (χ0) is 24.0. The maximum Gasteiger partial charge on any atom is 0.260 e. The van der Waals surface area contributed by atoms with Gasteiger partial charge in [-0.25, -0.2) is 4.98 Å². The number of benzene rings is 3. The van der Waals surface area contributed by atoms with Gasteiger partial charge in [-0.3, -0.25) is 4.79 Å². The van der Waals surface area contributed by atoms with Gasteiger partial charge in [-0.2, -0.15) is 0 Å². The fourth-order valence-electron chi connectivity index (χ4n) is 3.92. The number of rotatable bonds is 8. The molecule has 1 aromatic heterocycles. The zero-order valence-corrected chi connectivity index (χ0v) is 20.3. The molecule has 0 radical (unpaired) electrons. The van der Waals surface area contributed by atoms with E-state index in [2.05, 4.69) is 35.6 Å². The van der Waals surface area contributed by atoms with Crippen LogP contribution in [0.15, 0.2) is 66.7 Å². The number of morpholine rings is 1. The smallest absolute Gasteiger partial charge is 0.260 e. The third kappa shape index (κ3) is 5.55. The molecule has 7 nitrogen and oxygen atoms in total. The summed E-state index contributed by atoms with van der Waals surface area (Å²) in [5.74, 6) is 1.11. The van der Waals surface area contributed by atoms with Crippen molar-refractivity contribution < 1.29 is 19.0 Å². The molecule has 1 aliphatic rings. The minimum atomic E-state index is -0.0459. The van der Waals surface area contributed by atoms with Crippen molar-refractivity contribution in [1.82, 2.24) is 9.88 Å². The van der Waals surface area contributed by atoms with E-state index in [0.717, 1.165) is 27.3 Å². The summed E-state index contributed by atoms with van der Waals surface area (Å²) in [5, 5.41) is 4.46. The molecule has 1 saturated heterocycles. The van der Waals surface area contributed by atoms with Gasteiger partial charge < -0.3 is 24.4 Å². The van der Waals surface area contributed by atoms with E-state index in [0.29, 0.717) is 44.3 Å². The first kappa shape index (κ1) is 23.1. The SMILES string of the molecule is COc1cc(CNc2ccc(-c3nc4ccccc4s3)cc2)ccc1OCC(=O)N1CCOCC1. The molecule has 1 aliphatic heterocycles. The topological polar surface area (TPSA) is 72.9 Å². The van der Waals surface area contributed by atoms with E-state index in [9.17, 15) is 4.79 Å². The highest BCUT2D eigenvalue weighted by atomic mass is 32.1. The summed E-state index contributed by atoms with van der Waals surface area (Å²) >= 11 is 1.70. The first-order chi connectivity index (χ1) is 17.2. The third-order valence-corrected chi connectivity index (χ3v) is 6.95. The van der Waals surface area contributed by atoms with Crippen LogP contribution in [-0.2, 0) is 16.1 Å². The molecule has 1 N–H and O–H groups in total. The van der Waals surface area contributed by atoms with Crippen molar-refractivity contribution in [3.63, 3.8) is 0 Å². The largest absolute Gasteiger partial charge is 0.493 e. The Labute approximate surface area is 208 Å². The zero-order valence-electron chi connectivity index (χ0n) is 19.5. The summed E-state index contributed by atoms with van der Waals surface area (Å²) in [4.78, 5) is 18.8. The number of anilines is 1. The van der Waals surface area contributed by atoms with Crippen LogP contribution in [0.2, 0.25) is 0 Å². The molecule has 0 unspecified atom stereocenters. The molecule has 0 atom stereocenters. The number of carbonyl (C=O) groups is 1. The lowest BCUT2D eigenvalue weighted by molar-refractivity contribution is -0.137. The van der Waals surface area contributed by atoms with Gasteiger partial charge in [0.2, 0.25) is 0 Å². The lowest BCUT2D eigenvalue weighted by Gasteiger charge is -2.26. The number of hydrogen-bond donors (Lipinski definition) is 1. The summed E-state index contributed by atoms with van der Waals surface area (Å²) in [5.41, 5.74) is 4.20. The van der Waals surface area contributed by atoms with Crippen molar-refractivity contribution in [1.29, 1.82) is 0 Å². The second kappa shape index (κ2) is 10.8. The minimum Gasteiger partial charge on any atom is -0.493 e. The molecular weight excluding hydrogens is 462 g/mol. The predicted octanol–water partition coefficient (Wildman–Crippen LogP) is 4.82. The van der Waals surface area contributed by atoms with Crippen LogP contribution in [0.5, 0.6) is 11.5 Å². The van der Waals surface area contributed by atoms with Gasteiger partial charge in [-0.15, -0.1) is 11.3 Å². The van der Waals surface area contributed by atoms with E-state index in [1.54, 1.807) is 23.3 Å². The number of nitrogens with zero attached hydrogens (tertiary/aromatic N) is 2. The number of nitrogens with one attached hydrogen (secondary N) is 1. The van der Waals surface area contributed by atoms with Gasteiger partial charge in [0.05, 0.1) is 30.5 Å². The van der Waals surface area contributed by atoms with Crippen LogP contribution in [0.4, 0.5) is 5.69 Å². The van der Waals surface area contributed by atoms with E-state index in [4.69, 9.17) is 19.2 Å². The van der Waals surface area contributed by atoms with Gasteiger partial charge in [0.25, 0.3) is 5.91 Å². The quantitative estimate of drug-likeness (QED) is 0.383. The third-order valence-electron chi connectivity index (χ3n) is 5.87. The van der Waals surface area contributed by atoms with E-state index < -0.39 is 0 Å². The van der Waals surface area contributed by atoms with Crippen molar-refractivity contribution in [2.24, 2.45) is 0 Å². The number of aromatic nitrogens is 1. The maximum absolute atomic E-state index is 12.3. The summed E-state index contributed by atoms with van der Waals surface area (Å²) < 4.78 is 17.7. The number of para-hydroxylation sites is 1. The number of amides is 1. The van der Waals surface area contributed by atoms with Crippen molar-refractivity contribution in [2.75, 3.05) is 45.3 Å². The fraction of sp³-hybridized carbons (Fsp3) is 0.259. The van der Waals surface area contributed by atoms with E-state index in [1.165, 1.54) is 4.70 Å². The molecule has 0 bridgehead atoms. The van der Waals surface area contributed by atoms with E-state index in [-0.39, 0.29) is 12.5 Å². The molecule has 5 rings (SSSR count). The van der Waals surface area contributed by atoms with E-state index in [1.807, 2.05) is 36.4 Å². The molecule has 1 fully saturated rings. The Bertz CT molecular complexity index is 1270. The Morgan fingerprint density at radius 1 is 1.06 bits per heavy atom. The maximum atomic E-state index is 12.3. The Morgan fingerprint density at radius 2 is 1.86 bits per heavy atom. The van der Waals surface area contributed by atoms with Crippen LogP contribution in [0.1, 0.15) is 5.56 Å². The molecule has 0 saturated carbocycles. The Balaban J connectivity index is 1.18. The van der Waals surface area contributed by atoms with Crippen molar-refractivity contribution in [3.8, 4) is 22.1 Å². The van der Waals surface area contributed by atoms with E-state index >= 15 is 0 Å². The molecule has 3 aromatic carbocycles. The van der Waals surface area contributed by atoms with Crippen molar-refractivity contribution in [3.05, 3.63) is 72.3 Å². The second-order valence-corrected chi connectivity index (χ2v) is 9.22. The second-order valence-electron chi connectivity index (χ2n) is 8.18. The molecule has 1 amide bonds. The minimum absolute atomic E-state index is 0.0189. The van der Waals surface area contributed by atoms with Crippen molar-refractivity contribution in [2.45, 2.75) is 6.54 Å². The summed E-state index contributed by atoms with van der Waals surface area (Å²) in [6.07, 6.45) is 0. The first-order valence-electron chi connectivity index (χ1n) is 11.5. The Hall–Kier alpha value is -3.62. The van der Waals surface area contributed by atoms with Crippen LogP contribution < -0.4 is 14.8 Å². The molecular formula is C27H27N3O4S. The summed E-state index contributed by atoms with van der Waals surface area (Å²) in [6, 6.07) is 22.2. The summed E-state index contributed by atoms with van der Waals surface area (Å²) in [7, 11) is 1.60. The number of ether oxygens (including phenoxy) is 3. The van der Waals surface area contributed by atoms with Gasteiger partial charge in [-0.05, 0) is 54.1 Å². The van der Waals surface area contributed by atoms with Crippen LogP contribution >= 0.6 is 11.3 Å². The van der Waals surface area contributed by atoms with Crippen LogP contribution in [0, 0.1) is 0 Å². The Morgan fingerprint density at radius 3 is 2.63 bits per heavy atom. The average molecular weight is 490 g/mol. The Kier molecular flexibility index (Phi) is 7.11. The van der Waals surface area contributed by atoms with Crippen LogP contribution in [0.3, 0.4) is 0 Å². The lowest BCUT2D eigenvalue weighted by Crippen LogP contribution is -2.43. The van der Waals surface area contributed by atoms with Gasteiger partial charge >= 0.3 is 0 Å². The molecule has 8 heteroatoms. The molecule has 2 heterocycles. The number of thiazole rings is 1.